The Hall–Kier alpha value is -1.17. The number of hydrogen-bond donors (Lipinski definition) is 1. The van der Waals surface area contributed by atoms with E-state index in [1.54, 1.807) is 12.1 Å². The molecule has 0 bridgehead atoms. The highest BCUT2D eigenvalue weighted by atomic mass is 79.9. The second-order valence-corrected chi connectivity index (χ2v) is 8.18. The van der Waals surface area contributed by atoms with Crippen LogP contribution in [-0.2, 0) is 9.84 Å². The number of rotatable bonds is 3. The molecule has 1 aliphatic rings. The Labute approximate surface area is 132 Å². The van der Waals surface area contributed by atoms with Crippen molar-refractivity contribution in [3.63, 3.8) is 0 Å². The molecule has 1 N–H and O–H groups in total. The van der Waals surface area contributed by atoms with Crippen LogP contribution < -0.4 is 0 Å². The van der Waals surface area contributed by atoms with E-state index in [0.29, 0.717) is 4.90 Å². The Bertz CT molecular complexity index is 753. The van der Waals surface area contributed by atoms with Crippen LogP contribution in [0.5, 0.6) is 0 Å². The fraction of sp³-hybridized carbons (Fsp3) is 0.250. The van der Waals surface area contributed by atoms with Crippen molar-refractivity contribution in [1.82, 2.24) is 0 Å². The van der Waals surface area contributed by atoms with E-state index in [0.717, 1.165) is 15.6 Å². The van der Waals surface area contributed by atoms with Gasteiger partial charge in [0, 0.05) is 16.3 Å². The fourth-order valence-electron chi connectivity index (χ4n) is 2.99. The summed E-state index contributed by atoms with van der Waals surface area (Å²) in [7, 11) is -3.25. The summed E-state index contributed by atoms with van der Waals surface area (Å²) >= 11 is 3.39. The van der Waals surface area contributed by atoms with E-state index >= 15 is 0 Å². The van der Waals surface area contributed by atoms with Crippen molar-refractivity contribution in [3.05, 3.63) is 64.1 Å². The van der Waals surface area contributed by atoms with Gasteiger partial charge in [0.2, 0.25) is 0 Å². The predicted molar refractivity (Wildman–Crippen MR) is 85.2 cm³/mol. The lowest BCUT2D eigenvalue weighted by Crippen LogP contribution is -2.17. The van der Waals surface area contributed by atoms with Gasteiger partial charge in [-0.3, -0.25) is 0 Å². The van der Waals surface area contributed by atoms with Crippen LogP contribution >= 0.6 is 15.9 Å². The predicted octanol–water partition coefficient (Wildman–Crippen LogP) is 3.10. The van der Waals surface area contributed by atoms with Gasteiger partial charge in [-0.1, -0.05) is 46.3 Å². The summed E-state index contributed by atoms with van der Waals surface area (Å²) in [5, 5.41) is 9.80. The number of sulfone groups is 1. The molecule has 110 valence electrons. The number of aliphatic hydroxyl groups excluding tert-OH is 1. The molecule has 3 rings (SSSR count). The minimum absolute atomic E-state index is 0.0631. The molecule has 2 atom stereocenters. The van der Waals surface area contributed by atoms with Gasteiger partial charge in [0.25, 0.3) is 0 Å². The molecule has 0 fully saturated rings. The molecule has 0 saturated heterocycles. The van der Waals surface area contributed by atoms with E-state index in [-0.39, 0.29) is 24.2 Å². The smallest absolute Gasteiger partial charge is 0.179 e. The zero-order chi connectivity index (χ0) is 15.0. The molecule has 21 heavy (non-hydrogen) atoms. The molecule has 5 heteroatoms. The summed E-state index contributed by atoms with van der Waals surface area (Å²) in [4.78, 5) is 0.408. The van der Waals surface area contributed by atoms with Gasteiger partial charge >= 0.3 is 0 Å². The summed E-state index contributed by atoms with van der Waals surface area (Å²) in [6.07, 6.45) is 0. The summed E-state index contributed by atoms with van der Waals surface area (Å²) in [5.74, 6) is -0.345. The first-order valence-electron chi connectivity index (χ1n) is 6.71. The summed E-state index contributed by atoms with van der Waals surface area (Å²) in [6, 6.07) is 14.8. The largest absolute Gasteiger partial charge is 0.396 e. The molecule has 3 nitrogen and oxygen atoms in total. The van der Waals surface area contributed by atoms with Gasteiger partial charge in [0.15, 0.2) is 9.84 Å². The first-order valence-corrected chi connectivity index (χ1v) is 9.15. The Balaban J connectivity index is 2.05. The Kier molecular flexibility index (Phi) is 3.90. The van der Waals surface area contributed by atoms with Crippen LogP contribution in [-0.4, -0.2) is 25.9 Å². The molecule has 0 aromatic heterocycles. The quantitative estimate of drug-likeness (QED) is 0.907. The van der Waals surface area contributed by atoms with Gasteiger partial charge in [0.1, 0.15) is 0 Å². The van der Waals surface area contributed by atoms with Gasteiger partial charge in [-0.2, -0.15) is 0 Å². The highest BCUT2D eigenvalue weighted by Crippen LogP contribution is 2.43. The molecule has 2 unspecified atom stereocenters. The third-order valence-corrected chi connectivity index (χ3v) is 6.40. The Morgan fingerprint density at radius 3 is 2.48 bits per heavy atom. The third kappa shape index (κ3) is 2.65. The average molecular weight is 367 g/mol. The van der Waals surface area contributed by atoms with Crippen molar-refractivity contribution in [3.8, 4) is 0 Å². The van der Waals surface area contributed by atoms with Crippen LogP contribution in [0.4, 0.5) is 0 Å². The van der Waals surface area contributed by atoms with Gasteiger partial charge in [-0.25, -0.2) is 8.42 Å². The van der Waals surface area contributed by atoms with E-state index in [4.69, 9.17) is 0 Å². The van der Waals surface area contributed by atoms with Gasteiger partial charge in [-0.05, 0) is 29.3 Å². The maximum atomic E-state index is 12.3. The molecular formula is C16H15BrO3S. The maximum Gasteiger partial charge on any atom is 0.179 e. The molecular weight excluding hydrogens is 352 g/mol. The lowest BCUT2D eigenvalue weighted by Gasteiger charge is -2.22. The van der Waals surface area contributed by atoms with Crippen LogP contribution in [0.25, 0.3) is 0 Å². The Morgan fingerprint density at radius 2 is 1.81 bits per heavy atom. The van der Waals surface area contributed by atoms with Gasteiger partial charge in [0.05, 0.1) is 17.3 Å². The maximum absolute atomic E-state index is 12.3. The molecule has 0 radical (unpaired) electrons. The number of hydrogen-bond acceptors (Lipinski definition) is 3. The number of halogens is 1. The Morgan fingerprint density at radius 1 is 1.14 bits per heavy atom. The van der Waals surface area contributed by atoms with Crippen LogP contribution in [0, 0.1) is 0 Å². The monoisotopic (exact) mass is 366 g/mol. The molecule has 0 saturated carbocycles. The van der Waals surface area contributed by atoms with Crippen LogP contribution in [0.3, 0.4) is 0 Å². The lowest BCUT2D eigenvalue weighted by atomic mass is 9.83. The normalized spacial score (nSPS) is 21.0. The number of benzene rings is 2. The SMILES string of the molecule is O=S1(=O)CC(C(CO)c2ccc(Br)cc2)c2ccccc21. The highest BCUT2D eigenvalue weighted by molar-refractivity contribution is 9.10. The number of fused-ring (bicyclic) bond motifs is 1. The topological polar surface area (TPSA) is 54.4 Å². The lowest BCUT2D eigenvalue weighted by molar-refractivity contribution is 0.252. The van der Waals surface area contributed by atoms with E-state index in [9.17, 15) is 13.5 Å². The van der Waals surface area contributed by atoms with Crippen molar-refractivity contribution in [2.45, 2.75) is 16.7 Å². The van der Waals surface area contributed by atoms with Crippen LogP contribution in [0.15, 0.2) is 57.9 Å². The number of aliphatic hydroxyl groups is 1. The standard InChI is InChI=1S/C16H15BrO3S/c17-12-7-5-11(6-8-12)14(9-18)15-10-21(19,20)16-4-2-1-3-13(15)16/h1-8,14-15,18H,9-10H2. The van der Waals surface area contributed by atoms with Crippen molar-refractivity contribution < 1.29 is 13.5 Å². The molecule has 0 aliphatic carbocycles. The average Bonchev–Trinajstić information content (AvgIpc) is 2.74. The zero-order valence-electron chi connectivity index (χ0n) is 11.2. The van der Waals surface area contributed by atoms with E-state index in [1.807, 2.05) is 36.4 Å². The molecule has 2 aromatic carbocycles. The second kappa shape index (κ2) is 5.55. The first-order chi connectivity index (χ1) is 10.0. The van der Waals surface area contributed by atoms with Gasteiger partial charge in [-0.15, -0.1) is 0 Å². The molecule has 0 spiro atoms. The third-order valence-electron chi connectivity index (χ3n) is 4.03. The van der Waals surface area contributed by atoms with E-state index in [1.165, 1.54) is 0 Å². The van der Waals surface area contributed by atoms with Crippen molar-refractivity contribution in [2.75, 3.05) is 12.4 Å². The highest BCUT2D eigenvalue weighted by Gasteiger charge is 2.39. The molecule has 1 heterocycles. The van der Waals surface area contributed by atoms with Crippen molar-refractivity contribution in [1.29, 1.82) is 0 Å². The second-order valence-electron chi connectivity index (χ2n) is 5.27. The van der Waals surface area contributed by atoms with E-state index < -0.39 is 9.84 Å². The van der Waals surface area contributed by atoms with Crippen LogP contribution in [0.1, 0.15) is 23.0 Å². The minimum atomic E-state index is -3.25. The van der Waals surface area contributed by atoms with E-state index in [2.05, 4.69) is 15.9 Å². The summed E-state index contributed by atoms with van der Waals surface area (Å²) < 4.78 is 25.5. The summed E-state index contributed by atoms with van der Waals surface area (Å²) in [5.41, 5.74) is 1.78. The van der Waals surface area contributed by atoms with Crippen LogP contribution in [0.2, 0.25) is 0 Å². The fourth-order valence-corrected chi connectivity index (χ4v) is 5.19. The molecule has 2 aromatic rings. The zero-order valence-corrected chi connectivity index (χ0v) is 13.6. The van der Waals surface area contributed by atoms with Gasteiger partial charge < -0.3 is 5.11 Å². The van der Waals surface area contributed by atoms with Crippen molar-refractivity contribution >= 4 is 25.8 Å². The summed E-state index contributed by atoms with van der Waals surface area (Å²) in [6.45, 7) is -0.0733. The first kappa shape index (κ1) is 14.8. The minimum Gasteiger partial charge on any atom is -0.396 e. The molecule has 1 aliphatic heterocycles. The molecule has 0 amide bonds. The van der Waals surface area contributed by atoms with Crippen molar-refractivity contribution in [2.24, 2.45) is 0 Å².